The first-order valence-electron chi connectivity index (χ1n) is 9.41. The van der Waals surface area contributed by atoms with Gasteiger partial charge in [-0.1, -0.05) is 115 Å². The molecule has 0 amide bonds. The molecule has 28 heavy (non-hydrogen) atoms. The van der Waals surface area contributed by atoms with E-state index in [9.17, 15) is 0 Å². The fraction of sp³-hybridized carbons (Fsp3) is 0.0370. The highest BCUT2D eigenvalue weighted by atomic mass is 14.5. The van der Waals surface area contributed by atoms with Gasteiger partial charge in [0.2, 0.25) is 0 Å². The van der Waals surface area contributed by atoms with Gasteiger partial charge in [-0.3, -0.25) is 0 Å². The van der Waals surface area contributed by atoms with Crippen LogP contribution in [-0.2, 0) is 0 Å². The Bertz CT molecular complexity index is 899. The number of rotatable bonds is 6. The molecule has 0 aromatic heterocycles. The maximum atomic E-state index is 5.69. The molecule has 1 nitrogen and oxygen atoms in total. The van der Waals surface area contributed by atoms with Crippen LogP contribution >= 0.6 is 0 Å². The Balaban J connectivity index is 1.52. The predicted octanol–water partition coefficient (Wildman–Crippen LogP) is 7.03. The van der Waals surface area contributed by atoms with Crippen molar-refractivity contribution in [2.24, 2.45) is 0 Å². The molecular formula is C27H25N. The van der Waals surface area contributed by atoms with Crippen LogP contribution in [-0.4, -0.2) is 0 Å². The number of aryl methyl sites for hydroxylation is 1. The molecule has 3 aromatic rings. The molecule has 0 saturated carbocycles. The second-order valence-electron chi connectivity index (χ2n) is 6.68. The first-order chi connectivity index (χ1) is 13.7. The van der Waals surface area contributed by atoms with Crippen molar-refractivity contribution in [1.29, 1.82) is 0 Å². The van der Waals surface area contributed by atoms with E-state index in [1.807, 2.05) is 36.4 Å². The molecule has 138 valence electrons. The molecule has 0 fully saturated rings. The molecule has 0 radical (unpaired) electrons. The van der Waals surface area contributed by atoms with E-state index >= 15 is 0 Å². The Hall–Kier alpha value is -3.58. The summed E-state index contributed by atoms with van der Waals surface area (Å²) in [5, 5.41) is 0. The summed E-state index contributed by atoms with van der Waals surface area (Å²) in [4.78, 5) is 0. The summed E-state index contributed by atoms with van der Waals surface area (Å²) >= 11 is 0. The maximum Gasteiger partial charge on any atom is 0.0314 e. The Morgan fingerprint density at radius 3 is 1.11 bits per heavy atom. The topological polar surface area (TPSA) is 26.0 Å². The number of benzene rings is 3. The molecule has 0 heterocycles. The van der Waals surface area contributed by atoms with Gasteiger partial charge >= 0.3 is 0 Å². The number of nitrogens with two attached hydrogens (primary N) is 1. The van der Waals surface area contributed by atoms with Crippen molar-refractivity contribution in [1.82, 2.24) is 0 Å². The van der Waals surface area contributed by atoms with Crippen LogP contribution < -0.4 is 5.73 Å². The van der Waals surface area contributed by atoms with Crippen molar-refractivity contribution in [3.8, 4) is 0 Å². The van der Waals surface area contributed by atoms with E-state index in [2.05, 4.69) is 91.9 Å². The van der Waals surface area contributed by atoms with E-state index in [0.717, 1.165) is 11.3 Å². The predicted molar refractivity (Wildman–Crippen MR) is 125 cm³/mol. The van der Waals surface area contributed by atoms with Crippen molar-refractivity contribution in [2.45, 2.75) is 6.92 Å². The number of hydrogen-bond donors (Lipinski definition) is 1. The monoisotopic (exact) mass is 363 g/mol. The zero-order valence-electron chi connectivity index (χ0n) is 16.1. The Kier molecular flexibility index (Phi) is 6.81. The lowest BCUT2D eigenvalue weighted by molar-refractivity contribution is 1.46. The Morgan fingerprint density at radius 2 is 0.750 bits per heavy atom. The molecule has 0 aliphatic heterocycles. The average Bonchev–Trinajstić information content (AvgIpc) is 2.72. The van der Waals surface area contributed by atoms with Gasteiger partial charge in [0.15, 0.2) is 0 Å². The first-order valence-corrected chi connectivity index (χ1v) is 9.41. The molecule has 0 spiro atoms. The van der Waals surface area contributed by atoms with E-state index < -0.39 is 0 Å². The molecule has 0 aliphatic carbocycles. The highest BCUT2D eigenvalue weighted by molar-refractivity contribution is 5.61. The number of anilines is 1. The second kappa shape index (κ2) is 9.94. The van der Waals surface area contributed by atoms with E-state index in [0.29, 0.717) is 0 Å². The third-order valence-electron chi connectivity index (χ3n) is 4.33. The average molecular weight is 364 g/mol. The molecule has 0 unspecified atom stereocenters. The van der Waals surface area contributed by atoms with Crippen LogP contribution in [0.5, 0.6) is 0 Å². The largest absolute Gasteiger partial charge is 0.399 e. The smallest absolute Gasteiger partial charge is 0.0314 e. The summed E-state index contributed by atoms with van der Waals surface area (Å²) in [5.41, 5.74) is 12.5. The number of hydrogen-bond acceptors (Lipinski definition) is 1. The highest BCUT2D eigenvalue weighted by Crippen LogP contribution is 2.10. The number of allylic oxidation sites excluding steroid dienone is 4. The summed E-state index contributed by atoms with van der Waals surface area (Å²) in [5.74, 6) is 0. The quantitative estimate of drug-likeness (QED) is 0.369. The Morgan fingerprint density at radius 1 is 0.464 bits per heavy atom. The van der Waals surface area contributed by atoms with Crippen LogP contribution in [0.25, 0.3) is 24.3 Å². The van der Waals surface area contributed by atoms with E-state index in [4.69, 9.17) is 5.73 Å². The summed E-state index contributed by atoms with van der Waals surface area (Å²) in [6, 6.07) is 24.8. The normalized spacial score (nSPS) is 12.0. The molecule has 0 saturated heterocycles. The minimum Gasteiger partial charge on any atom is -0.399 e. The minimum atomic E-state index is 0.785. The van der Waals surface area contributed by atoms with Gasteiger partial charge in [0, 0.05) is 5.69 Å². The lowest BCUT2D eigenvalue weighted by Crippen LogP contribution is -1.82. The van der Waals surface area contributed by atoms with E-state index in [1.54, 1.807) is 0 Å². The fourth-order valence-corrected chi connectivity index (χ4v) is 2.67. The van der Waals surface area contributed by atoms with Crippen LogP contribution in [0.3, 0.4) is 0 Å². The molecule has 1 heteroatoms. The van der Waals surface area contributed by atoms with Gasteiger partial charge in [-0.05, 0) is 41.3 Å². The van der Waals surface area contributed by atoms with Crippen molar-refractivity contribution < 1.29 is 0 Å². The summed E-state index contributed by atoms with van der Waals surface area (Å²) in [7, 11) is 0. The zero-order chi connectivity index (χ0) is 19.6. The van der Waals surface area contributed by atoms with Crippen LogP contribution in [0.2, 0.25) is 0 Å². The molecular weight excluding hydrogens is 338 g/mol. The zero-order valence-corrected chi connectivity index (χ0v) is 16.1. The van der Waals surface area contributed by atoms with Crippen molar-refractivity contribution in [2.75, 3.05) is 5.73 Å². The minimum absolute atomic E-state index is 0.785. The maximum absolute atomic E-state index is 5.69. The van der Waals surface area contributed by atoms with Gasteiger partial charge in [-0.25, -0.2) is 0 Å². The molecule has 2 N–H and O–H groups in total. The van der Waals surface area contributed by atoms with Crippen molar-refractivity contribution >= 4 is 30.0 Å². The van der Waals surface area contributed by atoms with Crippen LogP contribution in [0.15, 0.2) is 97.1 Å². The fourth-order valence-electron chi connectivity index (χ4n) is 2.67. The molecule has 0 atom stereocenters. The van der Waals surface area contributed by atoms with Gasteiger partial charge in [-0.15, -0.1) is 0 Å². The molecule has 0 aliphatic rings. The number of nitrogen functional groups attached to an aromatic ring is 1. The Labute approximate surface area is 167 Å². The summed E-state index contributed by atoms with van der Waals surface area (Å²) in [6.45, 7) is 2.10. The standard InChI is InChI=1S/C27H25N/c1-22-10-12-23(13-11-22)6-2-3-7-24-14-16-25(17-15-24)8-4-5-9-26-18-20-27(28)21-19-26/h2-21H,28H2,1H3. The summed E-state index contributed by atoms with van der Waals surface area (Å²) < 4.78 is 0. The van der Waals surface area contributed by atoms with Gasteiger partial charge in [-0.2, -0.15) is 0 Å². The molecule has 3 aromatic carbocycles. The molecule has 3 rings (SSSR count). The van der Waals surface area contributed by atoms with Crippen LogP contribution in [0.1, 0.15) is 27.8 Å². The van der Waals surface area contributed by atoms with Gasteiger partial charge in [0.05, 0.1) is 0 Å². The lowest BCUT2D eigenvalue weighted by atomic mass is 10.1. The first kappa shape index (κ1) is 19.2. The second-order valence-corrected chi connectivity index (χ2v) is 6.68. The highest BCUT2D eigenvalue weighted by Gasteiger charge is 1.89. The van der Waals surface area contributed by atoms with E-state index in [-0.39, 0.29) is 0 Å². The van der Waals surface area contributed by atoms with Crippen molar-refractivity contribution in [3.63, 3.8) is 0 Å². The summed E-state index contributed by atoms with van der Waals surface area (Å²) in [6.07, 6.45) is 16.6. The molecule has 0 bridgehead atoms. The van der Waals surface area contributed by atoms with E-state index in [1.165, 1.54) is 22.3 Å². The third kappa shape index (κ3) is 6.30. The van der Waals surface area contributed by atoms with Crippen LogP contribution in [0.4, 0.5) is 5.69 Å². The SMILES string of the molecule is Cc1ccc(C=CC=Cc2ccc(C=CC=Cc3ccc(N)cc3)cc2)cc1. The third-order valence-corrected chi connectivity index (χ3v) is 4.33. The van der Waals surface area contributed by atoms with Gasteiger partial charge in [0.1, 0.15) is 0 Å². The lowest BCUT2D eigenvalue weighted by Gasteiger charge is -1.96. The van der Waals surface area contributed by atoms with Gasteiger partial charge < -0.3 is 5.73 Å². The van der Waals surface area contributed by atoms with Crippen molar-refractivity contribution in [3.05, 3.63) is 125 Å². The van der Waals surface area contributed by atoms with Crippen LogP contribution in [0, 0.1) is 6.92 Å². The van der Waals surface area contributed by atoms with Gasteiger partial charge in [0.25, 0.3) is 0 Å².